The first kappa shape index (κ1) is 13.7. The molecular weight excluding hydrogens is 297 g/mol. The van der Waals surface area contributed by atoms with Crippen LogP contribution < -0.4 is 0 Å². The van der Waals surface area contributed by atoms with E-state index >= 15 is 0 Å². The van der Waals surface area contributed by atoms with Crippen molar-refractivity contribution in [2.75, 3.05) is 11.5 Å². The molecule has 1 aromatic heterocycles. The van der Waals surface area contributed by atoms with Gasteiger partial charge in [0.25, 0.3) is 5.89 Å². The molecule has 6 nitrogen and oxygen atoms in total. The Bertz CT molecular complexity index is 839. The second-order valence-corrected chi connectivity index (χ2v) is 7.06. The van der Waals surface area contributed by atoms with Gasteiger partial charge in [-0.2, -0.15) is 10.2 Å². The number of hydrogen-bond acceptors (Lipinski definition) is 6. The molecule has 0 aliphatic carbocycles. The molecule has 1 saturated heterocycles. The van der Waals surface area contributed by atoms with Crippen LogP contribution in [-0.4, -0.2) is 30.1 Å². The van der Waals surface area contributed by atoms with Gasteiger partial charge in [0.05, 0.1) is 17.1 Å². The van der Waals surface area contributed by atoms with Crippen molar-refractivity contribution in [1.82, 2.24) is 10.1 Å². The van der Waals surface area contributed by atoms with E-state index in [1.807, 2.05) is 0 Å². The summed E-state index contributed by atoms with van der Waals surface area (Å²) < 4.78 is 41.5. The van der Waals surface area contributed by atoms with Crippen LogP contribution in [0.5, 0.6) is 0 Å². The monoisotopic (exact) mass is 307 g/mol. The average Bonchev–Trinajstić information content (AvgIpc) is 3.04. The quantitative estimate of drug-likeness (QED) is 0.837. The van der Waals surface area contributed by atoms with Crippen molar-refractivity contribution in [2.24, 2.45) is 0 Å². The number of hydrogen-bond donors (Lipinski definition) is 0. The van der Waals surface area contributed by atoms with E-state index in [-0.39, 0.29) is 40.3 Å². The molecule has 2 aromatic rings. The Morgan fingerprint density at radius 3 is 2.90 bits per heavy atom. The molecule has 1 aliphatic heterocycles. The second kappa shape index (κ2) is 4.93. The van der Waals surface area contributed by atoms with Crippen molar-refractivity contribution in [2.45, 2.75) is 12.3 Å². The maximum absolute atomic E-state index is 13.6. The van der Waals surface area contributed by atoms with Crippen LogP contribution in [0.15, 0.2) is 22.7 Å². The lowest BCUT2D eigenvalue weighted by Gasteiger charge is -1.99. The molecule has 0 N–H and O–H groups in total. The average molecular weight is 307 g/mol. The van der Waals surface area contributed by atoms with E-state index in [0.29, 0.717) is 6.42 Å². The lowest BCUT2D eigenvalue weighted by molar-refractivity contribution is 0.417. The number of nitriles is 1. The molecule has 0 radical (unpaired) electrons. The van der Waals surface area contributed by atoms with Crippen LogP contribution in [0.1, 0.15) is 23.7 Å². The first-order chi connectivity index (χ1) is 10.00. The molecule has 1 fully saturated rings. The molecule has 108 valence electrons. The zero-order chi connectivity index (χ0) is 15.0. The largest absolute Gasteiger partial charge is 0.334 e. The fourth-order valence-electron chi connectivity index (χ4n) is 2.32. The fraction of sp³-hybridized carbons (Fsp3) is 0.308. The molecular formula is C13H10FN3O3S. The molecule has 3 rings (SSSR count). The number of halogens is 1. The zero-order valence-corrected chi connectivity index (χ0v) is 11.6. The van der Waals surface area contributed by atoms with Gasteiger partial charge in [0.15, 0.2) is 15.7 Å². The third kappa shape index (κ3) is 2.52. The number of rotatable bonds is 2. The van der Waals surface area contributed by atoms with E-state index in [4.69, 9.17) is 9.78 Å². The van der Waals surface area contributed by atoms with E-state index in [1.54, 1.807) is 6.07 Å². The maximum Gasteiger partial charge on any atom is 0.259 e. The molecule has 0 spiro atoms. The normalized spacial score (nSPS) is 20.3. The van der Waals surface area contributed by atoms with Gasteiger partial charge >= 0.3 is 0 Å². The molecule has 0 amide bonds. The van der Waals surface area contributed by atoms with Gasteiger partial charge in [0, 0.05) is 5.92 Å². The maximum atomic E-state index is 13.6. The highest BCUT2D eigenvalue weighted by atomic mass is 32.2. The standard InChI is InChI=1S/C13H10FN3O3S/c14-11-3-1-2-9(10(11)6-15)13-16-12(17-20-13)8-4-5-21(18,19)7-8/h1-3,8H,4-5,7H2. The van der Waals surface area contributed by atoms with Crippen molar-refractivity contribution in [3.63, 3.8) is 0 Å². The summed E-state index contributed by atoms with van der Waals surface area (Å²) in [4.78, 5) is 4.12. The number of benzene rings is 1. The first-order valence-electron chi connectivity index (χ1n) is 6.23. The van der Waals surface area contributed by atoms with Crippen molar-refractivity contribution < 1.29 is 17.3 Å². The molecule has 0 saturated carbocycles. The van der Waals surface area contributed by atoms with Gasteiger partial charge in [-0.1, -0.05) is 11.2 Å². The van der Waals surface area contributed by atoms with Gasteiger partial charge < -0.3 is 4.52 Å². The Balaban J connectivity index is 1.97. The van der Waals surface area contributed by atoms with Crippen molar-refractivity contribution in [1.29, 1.82) is 5.26 Å². The van der Waals surface area contributed by atoms with Gasteiger partial charge in [-0.05, 0) is 18.6 Å². The van der Waals surface area contributed by atoms with Crippen LogP contribution in [0.4, 0.5) is 4.39 Å². The van der Waals surface area contributed by atoms with Crippen LogP contribution in [0.3, 0.4) is 0 Å². The summed E-state index contributed by atoms with van der Waals surface area (Å²) in [6.45, 7) is 0. The minimum Gasteiger partial charge on any atom is -0.334 e. The SMILES string of the molecule is N#Cc1c(F)cccc1-c1nc(C2CCS(=O)(=O)C2)no1. The topological polar surface area (TPSA) is 96.8 Å². The van der Waals surface area contributed by atoms with E-state index in [9.17, 15) is 12.8 Å². The first-order valence-corrected chi connectivity index (χ1v) is 8.05. The number of aromatic nitrogens is 2. The molecule has 1 atom stereocenters. The van der Waals surface area contributed by atoms with E-state index in [1.165, 1.54) is 18.2 Å². The highest BCUT2D eigenvalue weighted by Gasteiger charge is 2.32. The fourth-order valence-corrected chi connectivity index (χ4v) is 4.06. The Kier molecular flexibility index (Phi) is 3.22. The summed E-state index contributed by atoms with van der Waals surface area (Å²) in [7, 11) is -3.05. The van der Waals surface area contributed by atoms with E-state index in [0.717, 1.165) is 0 Å². The summed E-state index contributed by atoms with van der Waals surface area (Å²) in [5.41, 5.74) is 0.0313. The van der Waals surface area contributed by atoms with Gasteiger partial charge in [-0.3, -0.25) is 0 Å². The van der Waals surface area contributed by atoms with Crippen molar-refractivity contribution in [3.8, 4) is 17.5 Å². The Morgan fingerprint density at radius 1 is 1.43 bits per heavy atom. The van der Waals surface area contributed by atoms with Crippen LogP contribution in [0.2, 0.25) is 0 Å². The minimum absolute atomic E-state index is 0.0137. The smallest absolute Gasteiger partial charge is 0.259 e. The third-order valence-corrected chi connectivity index (χ3v) is 5.16. The summed E-state index contributed by atoms with van der Waals surface area (Å²) in [6, 6.07) is 5.87. The third-order valence-electron chi connectivity index (χ3n) is 3.40. The second-order valence-electron chi connectivity index (χ2n) is 4.83. The minimum atomic E-state index is -3.05. The van der Waals surface area contributed by atoms with Gasteiger partial charge in [-0.25, -0.2) is 12.8 Å². The van der Waals surface area contributed by atoms with Gasteiger partial charge in [-0.15, -0.1) is 0 Å². The lowest BCUT2D eigenvalue weighted by Crippen LogP contribution is -2.05. The molecule has 8 heteroatoms. The Hall–Kier alpha value is -2.27. The summed E-state index contributed by atoms with van der Waals surface area (Å²) in [5, 5.41) is 12.8. The summed E-state index contributed by atoms with van der Waals surface area (Å²) in [6.07, 6.45) is 0.440. The molecule has 1 aliphatic rings. The van der Waals surface area contributed by atoms with Crippen LogP contribution >= 0.6 is 0 Å². The number of sulfone groups is 1. The van der Waals surface area contributed by atoms with Crippen LogP contribution in [0.25, 0.3) is 11.5 Å². The lowest BCUT2D eigenvalue weighted by atomic mass is 10.1. The van der Waals surface area contributed by atoms with Gasteiger partial charge in [0.1, 0.15) is 17.4 Å². The van der Waals surface area contributed by atoms with E-state index < -0.39 is 15.7 Å². The van der Waals surface area contributed by atoms with Gasteiger partial charge in [0.2, 0.25) is 0 Å². The Morgan fingerprint density at radius 2 is 2.24 bits per heavy atom. The predicted octanol–water partition coefficient (Wildman–Crippen LogP) is 1.65. The summed E-state index contributed by atoms with van der Waals surface area (Å²) >= 11 is 0. The summed E-state index contributed by atoms with van der Waals surface area (Å²) in [5.74, 6) is -0.597. The molecule has 1 unspecified atom stereocenters. The van der Waals surface area contributed by atoms with Crippen molar-refractivity contribution in [3.05, 3.63) is 35.4 Å². The zero-order valence-electron chi connectivity index (χ0n) is 10.8. The molecule has 2 heterocycles. The highest BCUT2D eigenvalue weighted by molar-refractivity contribution is 7.91. The molecule has 1 aromatic carbocycles. The number of nitrogens with zero attached hydrogens (tertiary/aromatic N) is 3. The Labute approximate surface area is 120 Å². The molecule has 21 heavy (non-hydrogen) atoms. The van der Waals surface area contributed by atoms with Crippen LogP contribution in [0, 0.1) is 17.1 Å². The van der Waals surface area contributed by atoms with E-state index in [2.05, 4.69) is 10.1 Å². The highest BCUT2D eigenvalue weighted by Crippen LogP contribution is 2.30. The van der Waals surface area contributed by atoms with Crippen molar-refractivity contribution >= 4 is 9.84 Å². The van der Waals surface area contributed by atoms with Crippen LogP contribution in [-0.2, 0) is 9.84 Å². The molecule has 0 bridgehead atoms. The predicted molar refractivity (Wildman–Crippen MR) is 70.4 cm³/mol.